The van der Waals surface area contributed by atoms with Gasteiger partial charge in [-0.25, -0.2) is 0 Å². The predicted octanol–water partition coefficient (Wildman–Crippen LogP) is 1.06. The summed E-state index contributed by atoms with van der Waals surface area (Å²) in [4.78, 5) is 0. The van der Waals surface area contributed by atoms with Crippen LogP contribution in [0.4, 0.5) is 5.69 Å². The highest BCUT2D eigenvalue weighted by molar-refractivity contribution is 5.51. The van der Waals surface area contributed by atoms with E-state index in [-0.39, 0.29) is 5.60 Å². The summed E-state index contributed by atoms with van der Waals surface area (Å²) in [5.74, 6) is 0. The first kappa shape index (κ1) is 8.26. The lowest BCUT2D eigenvalue weighted by Crippen LogP contribution is -2.56. The van der Waals surface area contributed by atoms with Crippen molar-refractivity contribution in [2.24, 2.45) is 0 Å². The molecule has 1 saturated heterocycles. The number of benzene rings is 1. The van der Waals surface area contributed by atoms with Gasteiger partial charge >= 0.3 is 0 Å². The molecule has 0 aliphatic carbocycles. The lowest BCUT2D eigenvalue weighted by molar-refractivity contribution is -0.0746. The van der Waals surface area contributed by atoms with E-state index < -0.39 is 0 Å². The highest BCUT2D eigenvalue weighted by Crippen LogP contribution is 2.40. The van der Waals surface area contributed by atoms with E-state index in [9.17, 15) is 0 Å². The number of hydrogen-bond acceptors (Lipinski definition) is 3. The largest absolute Gasteiger partial charge is 0.388 e. The van der Waals surface area contributed by atoms with Crippen molar-refractivity contribution in [3.63, 3.8) is 0 Å². The van der Waals surface area contributed by atoms with Gasteiger partial charge in [0.25, 0.3) is 0 Å². The van der Waals surface area contributed by atoms with Crippen molar-refractivity contribution in [1.82, 2.24) is 5.32 Å². The van der Waals surface area contributed by atoms with Crippen LogP contribution in [0.15, 0.2) is 18.2 Å². The fourth-order valence-corrected chi connectivity index (χ4v) is 2.25. The third-order valence-electron chi connectivity index (χ3n) is 3.21. The summed E-state index contributed by atoms with van der Waals surface area (Å²) >= 11 is 0. The number of fused-ring (bicyclic) bond motifs is 2. The molecule has 2 aliphatic heterocycles. The zero-order chi connectivity index (χ0) is 9.60. The van der Waals surface area contributed by atoms with Crippen LogP contribution in [0.1, 0.15) is 11.1 Å². The second-order valence-electron chi connectivity index (χ2n) is 4.01. The zero-order valence-electron chi connectivity index (χ0n) is 8.26. The lowest BCUT2D eigenvalue weighted by Gasteiger charge is -2.39. The fourth-order valence-electron chi connectivity index (χ4n) is 2.25. The van der Waals surface area contributed by atoms with Crippen LogP contribution in [0.2, 0.25) is 0 Å². The molecule has 0 saturated carbocycles. The zero-order valence-corrected chi connectivity index (χ0v) is 8.26. The molecule has 1 spiro atoms. The molecule has 0 aromatic heterocycles. The van der Waals surface area contributed by atoms with Gasteiger partial charge in [0.05, 0.1) is 6.61 Å². The summed E-state index contributed by atoms with van der Waals surface area (Å²) in [7, 11) is 1.94. The smallest absolute Gasteiger partial charge is 0.119 e. The van der Waals surface area contributed by atoms with Crippen molar-refractivity contribution in [2.75, 3.05) is 25.5 Å². The van der Waals surface area contributed by atoms with Crippen LogP contribution >= 0.6 is 0 Å². The molecule has 2 heterocycles. The molecule has 1 fully saturated rings. The Balaban J connectivity index is 2.04. The number of anilines is 1. The van der Waals surface area contributed by atoms with Crippen molar-refractivity contribution >= 4 is 5.69 Å². The van der Waals surface area contributed by atoms with Gasteiger partial charge in [0.2, 0.25) is 0 Å². The molecule has 74 valence electrons. The third-order valence-corrected chi connectivity index (χ3v) is 3.21. The molecule has 0 unspecified atom stereocenters. The first-order valence-corrected chi connectivity index (χ1v) is 5.00. The first-order valence-electron chi connectivity index (χ1n) is 5.00. The van der Waals surface area contributed by atoms with Crippen molar-refractivity contribution in [1.29, 1.82) is 0 Å². The maximum absolute atomic E-state index is 5.86. The second kappa shape index (κ2) is 2.72. The van der Waals surface area contributed by atoms with Gasteiger partial charge in [-0.2, -0.15) is 0 Å². The molecule has 0 radical (unpaired) electrons. The topological polar surface area (TPSA) is 33.3 Å². The van der Waals surface area contributed by atoms with E-state index in [2.05, 4.69) is 28.8 Å². The van der Waals surface area contributed by atoms with E-state index in [4.69, 9.17) is 4.74 Å². The third kappa shape index (κ3) is 0.938. The van der Waals surface area contributed by atoms with Gasteiger partial charge in [0.15, 0.2) is 0 Å². The molecule has 14 heavy (non-hydrogen) atoms. The van der Waals surface area contributed by atoms with Gasteiger partial charge in [0.1, 0.15) is 5.60 Å². The molecule has 0 amide bonds. The Morgan fingerprint density at radius 1 is 1.43 bits per heavy atom. The maximum Gasteiger partial charge on any atom is 0.119 e. The summed E-state index contributed by atoms with van der Waals surface area (Å²) in [6.07, 6.45) is 0. The standard InChI is InChI=1S/C11H14N2O/c1-12-9-2-3-10-8(4-9)5-14-11(10)6-13-7-11/h2-4,12-13H,5-7H2,1H3. The first-order chi connectivity index (χ1) is 6.84. The minimum Gasteiger partial charge on any atom is -0.388 e. The maximum atomic E-state index is 5.86. The fraction of sp³-hybridized carbons (Fsp3) is 0.455. The summed E-state index contributed by atoms with van der Waals surface area (Å²) in [6, 6.07) is 6.49. The van der Waals surface area contributed by atoms with Crippen LogP contribution in [-0.2, 0) is 16.9 Å². The lowest BCUT2D eigenvalue weighted by atomic mass is 9.87. The Kier molecular flexibility index (Phi) is 1.60. The van der Waals surface area contributed by atoms with E-state index >= 15 is 0 Å². The molecular weight excluding hydrogens is 176 g/mol. The Morgan fingerprint density at radius 2 is 2.29 bits per heavy atom. The van der Waals surface area contributed by atoms with Crippen LogP contribution in [-0.4, -0.2) is 20.1 Å². The van der Waals surface area contributed by atoms with Crippen LogP contribution in [0.3, 0.4) is 0 Å². The SMILES string of the molecule is CNc1ccc2c(c1)COC21CNC1. The summed E-state index contributed by atoms with van der Waals surface area (Å²) in [5, 5.41) is 6.42. The molecule has 0 bridgehead atoms. The molecular formula is C11H14N2O. The Morgan fingerprint density at radius 3 is 2.93 bits per heavy atom. The van der Waals surface area contributed by atoms with Gasteiger partial charge in [-0.05, 0) is 23.3 Å². The van der Waals surface area contributed by atoms with Gasteiger partial charge < -0.3 is 15.4 Å². The van der Waals surface area contributed by atoms with Crippen LogP contribution in [0, 0.1) is 0 Å². The van der Waals surface area contributed by atoms with E-state index in [1.165, 1.54) is 11.1 Å². The van der Waals surface area contributed by atoms with Crippen LogP contribution in [0.25, 0.3) is 0 Å². The highest BCUT2D eigenvalue weighted by atomic mass is 16.5. The number of rotatable bonds is 1. The minimum atomic E-state index is 0.00159. The quantitative estimate of drug-likeness (QED) is 0.694. The van der Waals surface area contributed by atoms with Crippen molar-refractivity contribution in [2.45, 2.75) is 12.2 Å². The highest BCUT2D eigenvalue weighted by Gasteiger charge is 2.45. The normalized spacial score (nSPS) is 21.8. The molecule has 3 nitrogen and oxygen atoms in total. The molecule has 2 N–H and O–H groups in total. The molecule has 3 heteroatoms. The van der Waals surface area contributed by atoms with Crippen molar-refractivity contribution in [3.8, 4) is 0 Å². The number of hydrogen-bond donors (Lipinski definition) is 2. The predicted molar refractivity (Wildman–Crippen MR) is 55.3 cm³/mol. The monoisotopic (exact) mass is 190 g/mol. The minimum absolute atomic E-state index is 0.00159. The molecule has 1 aromatic rings. The number of nitrogens with one attached hydrogen (secondary N) is 2. The molecule has 3 rings (SSSR count). The van der Waals surface area contributed by atoms with E-state index in [1.807, 2.05) is 7.05 Å². The Bertz CT molecular complexity index is 372. The molecule has 1 aromatic carbocycles. The Hall–Kier alpha value is -1.06. The average molecular weight is 190 g/mol. The van der Waals surface area contributed by atoms with Gasteiger partial charge in [-0.3, -0.25) is 0 Å². The van der Waals surface area contributed by atoms with E-state index in [1.54, 1.807) is 0 Å². The summed E-state index contributed by atoms with van der Waals surface area (Å²) in [6.45, 7) is 2.67. The second-order valence-corrected chi connectivity index (χ2v) is 4.01. The number of ether oxygens (including phenoxy) is 1. The van der Waals surface area contributed by atoms with Crippen LogP contribution < -0.4 is 10.6 Å². The Labute approximate surface area is 83.5 Å². The van der Waals surface area contributed by atoms with Gasteiger partial charge in [0, 0.05) is 25.8 Å². The van der Waals surface area contributed by atoms with Crippen molar-refractivity contribution in [3.05, 3.63) is 29.3 Å². The summed E-state index contributed by atoms with van der Waals surface area (Å²) in [5.41, 5.74) is 3.87. The average Bonchev–Trinajstić information content (AvgIpc) is 2.55. The van der Waals surface area contributed by atoms with E-state index in [0.717, 1.165) is 25.4 Å². The molecule has 2 aliphatic rings. The summed E-state index contributed by atoms with van der Waals surface area (Å²) < 4.78 is 5.86. The van der Waals surface area contributed by atoms with Crippen LogP contribution in [0.5, 0.6) is 0 Å². The van der Waals surface area contributed by atoms with Crippen molar-refractivity contribution < 1.29 is 4.74 Å². The van der Waals surface area contributed by atoms with E-state index in [0.29, 0.717) is 0 Å². The van der Waals surface area contributed by atoms with Gasteiger partial charge in [-0.1, -0.05) is 6.07 Å². The molecule has 0 atom stereocenters. The van der Waals surface area contributed by atoms with Gasteiger partial charge in [-0.15, -0.1) is 0 Å².